The lowest BCUT2D eigenvalue weighted by atomic mass is 10.00. The number of benzene rings is 2. The molecule has 0 saturated heterocycles. The summed E-state index contributed by atoms with van der Waals surface area (Å²) in [5.74, 6) is 0.993. The quantitative estimate of drug-likeness (QED) is 0.324. The highest BCUT2D eigenvalue weighted by molar-refractivity contribution is 5.76. The fourth-order valence-corrected chi connectivity index (χ4v) is 5.15. The van der Waals surface area contributed by atoms with E-state index in [1.54, 1.807) is 0 Å². The summed E-state index contributed by atoms with van der Waals surface area (Å²) in [5, 5.41) is 8.18. The molecule has 2 amide bonds. The number of aryl methyl sites for hydroxylation is 2. The smallest absolute Gasteiger partial charge is 0.318 e. The highest BCUT2D eigenvalue weighted by Gasteiger charge is 2.36. The van der Waals surface area contributed by atoms with E-state index in [1.807, 2.05) is 34.7 Å². The van der Waals surface area contributed by atoms with Gasteiger partial charge in [0.1, 0.15) is 5.82 Å². The van der Waals surface area contributed by atoms with E-state index in [0.29, 0.717) is 26.3 Å². The Morgan fingerprint density at radius 3 is 2.68 bits per heavy atom. The minimum absolute atomic E-state index is 0.0851. The molecule has 3 heterocycles. The molecule has 7 nitrogen and oxygen atoms in total. The van der Waals surface area contributed by atoms with Crippen LogP contribution in [0, 0.1) is 6.92 Å². The molecule has 0 bridgehead atoms. The molecule has 5 rings (SSSR count). The molecule has 0 saturated carbocycles. The van der Waals surface area contributed by atoms with Gasteiger partial charge in [0.05, 0.1) is 29.7 Å². The molecule has 1 N–H and O–H groups in total. The fraction of sp³-hybridized carbons (Fsp3) is 0.333. The van der Waals surface area contributed by atoms with E-state index in [9.17, 15) is 4.79 Å². The van der Waals surface area contributed by atoms with Crippen LogP contribution in [0.25, 0.3) is 11.5 Å². The van der Waals surface area contributed by atoms with Crippen molar-refractivity contribution in [3.8, 4) is 11.5 Å². The second kappa shape index (κ2) is 11.0. The van der Waals surface area contributed by atoms with E-state index in [0.717, 1.165) is 46.9 Å². The highest BCUT2D eigenvalue weighted by atomic mass is 16.5. The third kappa shape index (κ3) is 4.91. The predicted octanol–water partition coefficient (Wildman–Crippen LogP) is 5.58. The largest absolute Gasteiger partial charge is 0.382 e. The number of hydrogen-bond donors (Lipinski definition) is 1. The van der Waals surface area contributed by atoms with Gasteiger partial charge in [-0.1, -0.05) is 55.0 Å². The number of nitrogens with zero attached hydrogens (tertiary/aromatic N) is 4. The fourth-order valence-electron chi connectivity index (χ4n) is 5.15. The van der Waals surface area contributed by atoms with Gasteiger partial charge in [-0.15, -0.1) is 0 Å². The van der Waals surface area contributed by atoms with Gasteiger partial charge < -0.3 is 19.5 Å². The van der Waals surface area contributed by atoms with Gasteiger partial charge in [0.2, 0.25) is 0 Å². The zero-order valence-corrected chi connectivity index (χ0v) is 21.9. The van der Waals surface area contributed by atoms with Crippen LogP contribution in [0.2, 0.25) is 0 Å². The van der Waals surface area contributed by atoms with Crippen LogP contribution < -0.4 is 5.32 Å². The monoisotopic (exact) mass is 497 g/mol. The molecular weight excluding hydrogens is 462 g/mol. The molecule has 192 valence electrons. The molecule has 0 spiro atoms. The van der Waals surface area contributed by atoms with Crippen molar-refractivity contribution < 1.29 is 9.53 Å². The van der Waals surface area contributed by atoms with Gasteiger partial charge in [0, 0.05) is 31.5 Å². The average Bonchev–Trinajstić information content (AvgIpc) is 3.50. The molecule has 1 atom stereocenters. The Bertz CT molecular complexity index is 1360. The number of urea groups is 1. The standard InChI is InChI=1S/C30H35N5O2/c1-4-26-25-21-34(30(36)31-17-11-19-37-5-2)28(23-13-9-12-22(3)20-23)27-16-10-18-33(27)29(25)35(32-26)24-14-7-6-8-15-24/h6-10,12-16,18,20,28H,4-5,11,17,19,21H2,1-3H3,(H,31,36). The SMILES string of the molecule is CCOCCCNC(=O)N1Cc2c(CC)nn(-c3ccccc3)c2-n2cccc2C1c1cccc(C)c1. The minimum Gasteiger partial charge on any atom is -0.382 e. The van der Waals surface area contributed by atoms with E-state index in [4.69, 9.17) is 9.84 Å². The van der Waals surface area contributed by atoms with E-state index in [1.165, 1.54) is 5.56 Å². The van der Waals surface area contributed by atoms with Gasteiger partial charge in [-0.25, -0.2) is 9.48 Å². The van der Waals surface area contributed by atoms with E-state index >= 15 is 0 Å². The topological polar surface area (TPSA) is 64.3 Å². The Kier molecular flexibility index (Phi) is 7.42. The number of carbonyl (C=O) groups excluding carboxylic acids is 1. The summed E-state index contributed by atoms with van der Waals surface area (Å²) < 4.78 is 9.70. The maximum Gasteiger partial charge on any atom is 0.318 e. The van der Waals surface area contributed by atoms with E-state index in [-0.39, 0.29) is 12.1 Å². The molecular formula is C30H35N5O2. The van der Waals surface area contributed by atoms with Crippen LogP contribution in [0.4, 0.5) is 4.79 Å². The first-order chi connectivity index (χ1) is 18.1. The average molecular weight is 498 g/mol. The summed E-state index contributed by atoms with van der Waals surface area (Å²) in [5.41, 5.74) is 6.36. The lowest BCUT2D eigenvalue weighted by molar-refractivity contribution is 0.143. The van der Waals surface area contributed by atoms with Crippen molar-refractivity contribution in [1.82, 2.24) is 24.6 Å². The normalized spacial score (nSPS) is 14.7. The molecule has 1 unspecified atom stereocenters. The number of amides is 2. The number of fused-ring (bicyclic) bond motifs is 3. The number of para-hydroxylation sites is 1. The Labute approximate surface area is 218 Å². The van der Waals surface area contributed by atoms with Crippen molar-refractivity contribution in [3.05, 3.63) is 101 Å². The lowest BCUT2D eigenvalue weighted by Crippen LogP contribution is -2.42. The van der Waals surface area contributed by atoms with E-state index in [2.05, 4.69) is 78.5 Å². The molecule has 4 aromatic rings. The number of ether oxygens (including phenoxy) is 1. The van der Waals surface area contributed by atoms with Gasteiger partial charge in [-0.2, -0.15) is 5.10 Å². The highest BCUT2D eigenvalue weighted by Crippen LogP contribution is 2.38. The van der Waals surface area contributed by atoms with Crippen LogP contribution in [-0.4, -0.2) is 45.0 Å². The molecule has 2 aromatic carbocycles. The van der Waals surface area contributed by atoms with Crippen molar-refractivity contribution in [2.75, 3.05) is 19.8 Å². The summed E-state index contributed by atoms with van der Waals surface area (Å²) in [6, 6.07) is 22.5. The number of rotatable bonds is 8. The van der Waals surface area contributed by atoms with Crippen LogP contribution >= 0.6 is 0 Å². The Hall–Kier alpha value is -3.84. The zero-order valence-electron chi connectivity index (χ0n) is 21.9. The summed E-state index contributed by atoms with van der Waals surface area (Å²) >= 11 is 0. The lowest BCUT2D eigenvalue weighted by Gasteiger charge is -2.31. The van der Waals surface area contributed by atoms with Crippen molar-refractivity contribution >= 4 is 6.03 Å². The van der Waals surface area contributed by atoms with Gasteiger partial charge >= 0.3 is 6.03 Å². The second-order valence-corrected chi connectivity index (χ2v) is 9.38. The Balaban J connectivity index is 1.64. The van der Waals surface area contributed by atoms with Crippen LogP contribution in [0.3, 0.4) is 0 Å². The van der Waals surface area contributed by atoms with Crippen LogP contribution in [0.1, 0.15) is 54.4 Å². The number of nitrogens with one attached hydrogen (secondary N) is 1. The third-order valence-corrected chi connectivity index (χ3v) is 6.87. The molecule has 0 fully saturated rings. The molecule has 1 aliphatic heterocycles. The van der Waals surface area contributed by atoms with Crippen molar-refractivity contribution in [2.24, 2.45) is 0 Å². The van der Waals surface area contributed by atoms with Crippen molar-refractivity contribution in [3.63, 3.8) is 0 Å². The Morgan fingerprint density at radius 1 is 1.08 bits per heavy atom. The zero-order chi connectivity index (χ0) is 25.8. The van der Waals surface area contributed by atoms with E-state index < -0.39 is 0 Å². The summed E-state index contributed by atoms with van der Waals surface area (Å²) in [7, 11) is 0. The van der Waals surface area contributed by atoms with Gasteiger partial charge in [0.25, 0.3) is 0 Å². The first kappa shape index (κ1) is 24.8. The molecule has 0 radical (unpaired) electrons. The molecule has 1 aliphatic rings. The molecule has 37 heavy (non-hydrogen) atoms. The summed E-state index contributed by atoms with van der Waals surface area (Å²) in [6.07, 6.45) is 3.63. The van der Waals surface area contributed by atoms with Gasteiger partial charge in [-0.3, -0.25) is 0 Å². The second-order valence-electron chi connectivity index (χ2n) is 9.38. The maximum absolute atomic E-state index is 13.8. The maximum atomic E-state index is 13.8. The van der Waals surface area contributed by atoms with Gasteiger partial charge in [0.15, 0.2) is 0 Å². The first-order valence-corrected chi connectivity index (χ1v) is 13.1. The van der Waals surface area contributed by atoms with Crippen molar-refractivity contribution in [2.45, 2.75) is 46.2 Å². The summed E-state index contributed by atoms with van der Waals surface area (Å²) in [4.78, 5) is 15.8. The number of carbonyl (C=O) groups is 1. The van der Waals surface area contributed by atoms with Crippen molar-refractivity contribution in [1.29, 1.82) is 0 Å². The molecule has 0 aliphatic carbocycles. The number of hydrogen-bond acceptors (Lipinski definition) is 3. The van der Waals surface area contributed by atoms with Crippen LogP contribution in [0.15, 0.2) is 72.9 Å². The Morgan fingerprint density at radius 2 is 1.92 bits per heavy atom. The van der Waals surface area contributed by atoms with Crippen LogP contribution in [0.5, 0.6) is 0 Å². The molecule has 2 aromatic heterocycles. The third-order valence-electron chi connectivity index (χ3n) is 6.87. The predicted molar refractivity (Wildman–Crippen MR) is 145 cm³/mol. The number of aromatic nitrogens is 3. The van der Waals surface area contributed by atoms with Crippen LogP contribution in [-0.2, 0) is 17.7 Å². The summed E-state index contributed by atoms with van der Waals surface area (Å²) in [6.45, 7) is 8.53. The molecule has 7 heteroatoms. The minimum atomic E-state index is -0.247. The van der Waals surface area contributed by atoms with Gasteiger partial charge in [-0.05, 0) is 56.5 Å². The first-order valence-electron chi connectivity index (χ1n) is 13.1.